The van der Waals surface area contributed by atoms with Crippen LogP contribution in [0.1, 0.15) is 35.2 Å². The summed E-state index contributed by atoms with van der Waals surface area (Å²) >= 11 is 0. The van der Waals surface area contributed by atoms with Gasteiger partial charge in [-0.2, -0.15) is 0 Å². The van der Waals surface area contributed by atoms with E-state index in [-0.39, 0.29) is 5.91 Å². The Bertz CT molecular complexity index is 477. The number of rotatable bonds is 5. The summed E-state index contributed by atoms with van der Waals surface area (Å²) in [6, 6.07) is 8.76. The van der Waals surface area contributed by atoms with Crippen LogP contribution in [0.5, 0.6) is 0 Å². The van der Waals surface area contributed by atoms with Crippen LogP contribution in [-0.4, -0.2) is 43.0 Å². The normalized spacial score (nSPS) is 27.6. The Kier molecular flexibility index (Phi) is 4.56. The maximum atomic E-state index is 11.8. The fourth-order valence-corrected chi connectivity index (χ4v) is 3.65. The molecule has 21 heavy (non-hydrogen) atoms. The smallest absolute Gasteiger partial charge is 0.251 e. The third-order valence-corrected chi connectivity index (χ3v) is 4.89. The molecule has 0 spiro atoms. The van der Waals surface area contributed by atoms with Gasteiger partial charge in [0, 0.05) is 24.7 Å². The van der Waals surface area contributed by atoms with Gasteiger partial charge in [-0.15, -0.1) is 0 Å². The SMILES string of the molecule is NCCNC(=O)c1ccc(CC2CC3CCN2CC3)cc1. The molecule has 3 heterocycles. The van der Waals surface area contributed by atoms with Crippen LogP contribution in [0.25, 0.3) is 0 Å². The van der Waals surface area contributed by atoms with Crippen molar-refractivity contribution < 1.29 is 4.79 Å². The lowest BCUT2D eigenvalue weighted by Crippen LogP contribution is -2.49. The summed E-state index contributed by atoms with van der Waals surface area (Å²) in [4.78, 5) is 14.5. The van der Waals surface area contributed by atoms with E-state index in [0.29, 0.717) is 19.1 Å². The summed E-state index contributed by atoms with van der Waals surface area (Å²) in [5.41, 5.74) is 7.45. The molecule has 1 unspecified atom stereocenters. The summed E-state index contributed by atoms with van der Waals surface area (Å²) in [5.74, 6) is 0.911. The lowest BCUT2D eigenvalue weighted by molar-refractivity contribution is 0.0498. The number of nitrogens with two attached hydrogens (primary N) is 1. The fourth-order valence-electron chi connectivity index (χ4n) is 3.65. The molecule has 0 radical (unpaired) electrons. The number of nitrogens with one attached hydrogen (secondary N) is 1. The van der Waals surface area contributed by atoms with E-state index < -0.39 is 0 Å². The average Bonchev–Trinajstić information content (AvgIpc) is 2.54. The second-order valence-corrected chi connectivity index (χ2v) is 6.31. The second kappa shape index (κ2) is 6.58. The van der Waals surface area contributed by atoms with Crippen molar-refractivity contribution in [3.05, 3.63) is 35.4 Å². The molecule has 114 valence electrons. The quantitative estimate of drug-likeness (QED) is 0.860. The molecule has 3 aliphatic heterocycles. The van der Waals surface area contributed by atoms with E-state index in [1.54, 1.807) is 0 Å². The maximum Gasteiger partial charge on any atom is 0.251 e. The molecule has 1 amide bonds. The van der Waals surface area contributed by atoms with Gasteiger partial charge in [-0.3, -0.25) is 4.79 Å². The number of carbonyl (C=O) groups is 1. The maximum absolute atomic E-state index is 11.8. The van der Waals surface area contributed by atoms with Crippen LogP contribution in [0.15, 0.2) is 24.3 Å². The van der Waals surface area contributed by atoms with Gasteiger partial charge in [-0.1, -0.05) is 12.1 Å². The van der Waals surface area contributed by atoms with E-state index in [4.69, 9.17) is 5.73 Å². The molecular formula is C17H25N3O. The molecule has 4 rings (SSSR count). The lowest BCUT2D eigenvalue weighted by Gasteiger charge is -2.45. The predicted molar refractivity (Wildman–Crippen MR) is 84.2 cm³/mol. The third kappa shape index (κ3) is 3.44. The number of nitrogens with zero attached hydrogens (tertiary/aromatic N) is 1. The van der Waals surface area contributed by atoms with Crippen LogP contribution >= 0.6 is 0 Å². The topological polar surface area (TPSA) is 58.4 Å². The Morgan fingerprint density at radius 2 is 1.95 bits per heavy atom. The Hall–Kier alpha value is -1.39. The standard InChI is InChI=1S/C17H25N3O/c18-7-8-19-17(21)15-3-1-13(2-4-15)11-16-12-14-5-9-20(16)10-6-14/h1-4,14,16H,5-12,18H2,(H,19,21). The van der Waals surface area contributed by atoms with E-state index in [1.165, 1.54) is 37.9 Å². The molecule has 2 bridgehead atoms. The molecule has 0 aromatic heterocycles. The summed E-state index contributed by atoms with van der Waals surface area (Å²) in [6.07, 6.45) is 5.23. The zero-order chi connectivity index (χ0) is 14.7. The highest BCUT2D eigenvalue weighted by Gasteiger charge is 2.33. The Morgan fingerprint density at radius 3 is 2.52 bits per heavy atom. The van der Waals surface area contributed by atoms with E-state index in [0.717, 1.165) is 17.9 Å². The van der Waals surface area contributed by atoms with Gasteiger partial charge in [-0.05, 0) is 62.4 Å². The molecule has 1 aromatic rings. The average molecular weight is 287 g/mol. The first-order chi connectivity index (χ1) is 10.3. The van der Waals surface area contributed by atoms with Crippen molar-refractivity contribution in [2.24, 2.45) is 11.7 Å². The summed E-state index contributed by atoms with van der Waals surface area (Å²) in [6.45, 7) is 3.55. The van der Waals surface area contributed by atoms with Crippen LogP contribution in [0, 0.1) is 5.92 Å². The van der Waals surface area contributed by atoms with E-state index >= 15 is 0 Å². The largest absolute Gasteiger partial charge is 0.351 e. The van der Waals surface area contributed by atoms with Gasteiger partial charge in [-0.25, -0.2) is 0 Å². The number of carbonyl (C=O) groups excluding carboxylic acids is 1. The molecule has 1 atom stereocenters. The minimum Gasteiger partial charge on any atom is -0.351 e. The van der Waals surface area contributed by atoms with Gasteiger partial charge in [0.15, 0.2) is 0 Å². The van der Waals surface area contributed by atoms with Crippen molar-refractivity contribution in [2.45, 2.75) is 31.7 Å². The number of hydrogen-bond donors (Lipinski definition) is 2. The molecule has 4 nitrogen and oxygen atoms in total. The lowest BCUT2D eigenvalue weighted by atomic mass is 9.81. The monoisotopic (exact) mass is 287 g/mol. The van der Waals surface area contributed by atoms with Gasteiger partial charge >= 0.3 is 0 Å². The van der Waals surface area contributed by atoms with Crippen LogP contribution in [-0.2, 0) is 6.42 Å². The van der Waals surface area contributed by atoms with Crippen LogP contribution in [0.3, 0.4) is 0 Å². The van der Waals surface area contributed by atoms with Crippen LogP contribution in [0.4, 0.5) is 0 Å². The van der Waals surface area contributed by atoms with E-state index in [2.05, 4.69) is 22.3 Å². The Balaban J connectivity index is 1.58. The highest BCUT2D eigenvalue weighted by Crippen LogP contribution is 2.33. The molecule has 3 fully saturated rings. The van der Waals surface area contributed by atoms with Crippen LogP contribution in [0.2, 0.25) is 0 Å². The van der Waals surface area contributed by atoms with Crippen molar-refractivity contribution in [3.63, 3.8) is 0 Å². The number of hydrogen-bond acceptors (Lipinski definition) is 3. The molecular weight excluding hydrogens is 262 g/mol. The molecule has 3 N–H and O–H groups in total. The number of benzene rings is 1. The van der Waals surface area contributed by atoms with Crippen molar-refractivity contribution in [1.29, 1.82) is 0 Å². The molecule has 3 aliphatic rings. The van der Waals surface area contributed by atoms with Gasteiger partial charge in [0.1, 0.15) is 0 Å². The van der Waals surface area contributed by atoms with Gasteiger partial charge in [0.2, 0.25) is 0 Å². The van der Waals surface area contributed by atoms with Crippen LogP contribution < -0.4 is 11.1 Å². The second-order valence-electron chi connectivity index (χ2n) is 6.31. The first-order valence-corrected chi connectivity index (χ1v) is 8.07. The van der Waals surface area contributed by atoms with E-state index in [1.807, 2.05) is 12.1 Å². The van der Waals surface area contributed by atoms with Gasteiger partial charge in [0.05, 0.1) is 0 Å². The van der Waals surface area contributed by atoms with Gasteiger partial charge in [0.25, 0.3) is 5.91 Å². The minimum atomic E-state index is -0.0347. The highest BCUT2D eigenvalue weighted by molar-refractivity contribution is 5.94. The third-order valence-electron chi connectivity index (χ3n) is 4.89. The first kappa shape index (κ1) is 14.5. The first-order valence-electron chi connectivity index (χ1n) is 8.07. The van der Waals surface area contributed by atoms with Crippen molar-refractivity contribution >= 4 is 5.91 Å². The summed E-state index contributed by atoms with van der Waals surface area (Å²) in [5, 5.41) is 2.80. The molecule has 0 aliphatic carbocycles. The minimum absolute atomic E-state index is 0.0347. The highest BCUT2D eigenvalue weighted by atomic mass is 16.1. The van der Waals surface area contributed by atoms with Crippen molar-refractivity contribution in [1.82, 2.24) is 10.2 Å². The van der Waals surface area contributed by atoms with E-state index in [9.17, 15) is 4.79 Å². The fraction of sp³-hybridized carbons (Fsp3) is 0.588. The van der Waals surface area contributed by atoms with Gasteiger partial charge < -0.3 is 16.0 Å². The summed E-state index contributed by atoms with van der Waals surface area (Å²) in [7, 11) is 0. The number of piperidine rings is 3. The molecule has 0 saturated carbocycles. The molecule has 3 saturated heterocycles. The predicted octanol–water partition coefficient (Wildman–Crippen LogP) is 1.40. The molecule has 1 aromatic carbocycles. The molecule has 4 heteroatoms. The summed E-state index contributed by atoms with van der Waals surface area (Å²) < 4.78 is 0. The zero-order valence-electron chi connectivity index (χ0n) is 12.6. The number of amides is 1. The van der Waals surface area contributed by atoms with Crippen molar-refractivity contribution in [2.75, 3.05) is 26.2 Å². The Labute approximate surface area is 126 Å². The Morgan fingerprint density at radius 1 is 1.24 bits per heavy atom. The van der Waals surface area contributed by atoms with Crippen molar-refractivity contribution in [3.8, 4) is 0 Å². The number of fused-ring (bicyclic) bond motifs is 3. The zero-order valence-corrected chi connectivity index (χ0v) is 12.6.